The van der Waals surface area contributed by atoms with E-state index in [2.05, 4.69) is 148 Å². The lowest BCUT2D eigenvalue weighted by atomic mass is 9.47. The van der Waals surface area contributed by atoms with Crippen LogP contribution in [-0.4, -0.2) is 327 Å². The third-order valence-corrected chi connectivity index (χ3v) is 39.6. The molecule has 1 saturated carbocycles. The number of hydrogen-bond acceptors (Lipinski definition) is 33. The number of carbonyl (C=O) groups is 12. The normalized spacial score (nSPS) is 23.3. The number of aromatic nitrogens is 10. The number of carboxylic acid groups (broad SMARTS) is 4. The number of hydrogen-bond donors (Lipinski definition) is 21. The van der Waals surface area contributed by atoms with E-state index in [0.29, 0.717) is 121 Å². The summed E-state index contributed by atoms with van der Waals surface area (Å²) in [5, 5.41) is 120. The number of piperidine rings is 1. The van der Waals surface area contributed by atoms with Crippen molar-refractivity contribution < 1.29 is 107 Å². The van der Waals surface area contributed by atoms with Gasteiger partial charge in [-0.15, -0.1) is 5.10 Å². The van der Waals surface area contributed by atoms with Gasteiger partial charge in [0, 0.05) is 156 Å². The van der Waals surface area contributed by atoms with Gasteiger partial charge in [-0.1, -0.05) is 61.2 Å². The van der Waals surface area contributed by atoms with E-state index in [1.807, 2.05) is 62.2 Å². The number of para-hydroxylation sites is 1. The van der Waals surface area contributed by atoms with Crippen molar-refractivity contribution in [3.05, 3.63) is 153 Å². The average Bonchev–Trinajstić information content (AvgIpc) is 1.47. The molecular formula is C99H133N25O23SSi2. The summed E-state index contributed by atoms with van der Waals surface area (Å²) in [6.45, 7) is 18.7. The Morgan fingerprint density at radius 2 is 1.38 bits per heavy atom. The number of aliphatic carboxylic acids is 4. The number of aromatic amines is 2. The zero-order valence-electron chi connectivity index (χ0n) is 85.4. The molecule has 806 valence electrons. The van der Waals surface area contributed by atoms with Gasteiger partial charge in [0.1, 0.15) is 47.5 Å². The first-order chi connectivity index (χ1) is 71.1. The Bertz CT molecular complexity index is 6540. The molecule has 150 heavy (non-hydrogen) atoms. The Kier molecular flexibility index (Phi) is 34.4. The van der Waals surface area contributed by atoms with Crippen molar-refractivity contribution in [2.75, 3.05) is 81.9 Å². The number of fused-ring (bicyclic) bond motifs is 7. The molecule has 10 heterocycles. The molecule has 6 aliphatic rings. The van der Waals surface area contributed by atoms with Crippen molar-refractivity contribution in [1.29, 1.82) is 5.41 Å². The van der Waals surface area contributed by atoms with E-state index in [4.69, 9.17) is 30.5 Å². The molecule has 14 rings (SSSR count). The van der Waals surface area contributed by atoms with Crippen LogP contribution >= 0.6 is 11.8 Å². The zero-order valence-corrected chi connectivity index (χ0v) is 88.2. The van der Waals surface area contributed by atoms with E-state index < -0.39 is 207 Å². The number of nitrogens with zero attached hydrogens (tertiary/aromatic N) is 11. The summed E-state index contributed by atoms with van der Waals surface area (Å²) >= 11 is 1.40. The SMILES string of the molecule is CC[C@]1(O)C[C@H]2C[C@](C(=O)OC)(c3cc4c(cc3OC)N(C)[C@H]3[C@@](O)(C(=O)NCCC[Si](C)(C)O[Si](C)(C)CSc5ncc(Cn6cc(C[C@H](NC(=O)[C@H](CC(=O)O)NC(=O)[C@H](CC(=O)O)NC(=O)[C@H](CCCNC(=N)N)NC(=O)[C@H](CC(=O)O)NC(=O)CC[C@@H](C)NC(=O)c7ccc(NCc8cnc9nc(N)[nH]c(=O)c9n8)cc7)C(=O)O)nn6)cn5)[C@H](O)[C@]5(CC)C=CCN6CC[C@]43[C@@H]65)c3[nH]c4ccccc4c3CCN(C1)[C@@H]2C. The summed E-state index contributed by atoms with van der Waals surface area (Å²) in [7, 11) is -0.168. The standard InChI is InChI=1S/C99H133N25O23SSi2/c1-12-95(143)43-57-44-98(91(142)146-7,78-62(28-34-123(51-95)54(57)4)61-19-14-15-20-65(61)112-78)64-38-63-71(42-72(64)145-6)121(5)88-97(63)30-35-122-33-17-29-96(13-2,87(97)122)89(140)99(88,144)90(141)103-32-18-36-149(8,9)147-150(10,11)52-148-94-107-45-55(46-108-94)49-124-50-59(119-120-124)37-70(86(138)139)116-84(136)69(41-76(130)131)115-83(135)68(40-75(128)129)114-81(133)66(21-16-31-104-92(100)101)113-82(134)67(39-74(126)127)111-73(125)27-22-53(3)109-80(132)56-23-25-58(26-24-56)105-47-60-48-106-79-77(110-60)85(137)118-93(102)117-79/h14-15,17,19-20,23-26,29,38,42,45-46,48,50,53-54,57,66-70,87-89,105,112,140,143-144H,12-13,16,18,21-22,27-28,30-37,39-41,43-44,47,49,51-52H2,1-11H3,(H,103,141)(H,109,132)(H,111,125)(H,113,134)(H,114,133)(H,115,135)(H,116,136)(H,126,127)(H,128,129)(H,130,131)(H,138,139)(H4,100,101,104)(H3,102,106,117,118,137)/t53-,54-,57+,66+,67+,68+,69+,70+,87+,88-,89-,95+,96-,97-,98+,99+/m1/s1. The number of thioether (sulfide) groups is 1. The lowest BCUT2D eigenvalue weighted by molar-refractivity contribution is -0.203. The van der Waals surface area contributed by atoms with Gasteiger partial charge >= 0.3 is 29.8 Å². The molecule has 1 spiro atoms. The maximum absolute atomic E-state index is 15.9. The topological polar surface area (TPSA) is 712 Å². The van der Waals surface area contributed by atoms with Crippen molar-refractivity contribution in [2.45, 2.75) is 257 Å². The second-order valence-corrected chi connectivity index (χ2v) is 51.2. The van der Waals surface area contributed by atoms with Crippen LogP contribution in [0.2, 0.25) is 32.2 Å². The minimum atomic E-state index is -2.52. The first-order valence-electron chi connectivity index (χ1n) is 50.0. The van der Waals surface area contributed by atoms with E-state index in [-0.39, 0.29) is 98.6 Å². The summed E-state index contributed by atoms with van der Waals surface area (Å²) in [5.41, 5.74) is 9.80. The maximum Gasteiger partial charge on any atom is 0.326 e. The first-order valence-corrected chi connectivity index (χ1v) is 57.2. The molecule has 3 aromatic carbocycles. The Labute approximate surface area is 869 Å². The highest BCUT2D eigenvalue weighted by molar-refractivity contribution is 8.00. The van der Waals surface area contributed by atoms with Gasteiger partial charge in [0.15, 0.2) is 44.5 Å². The Morgan fingerprint density at radius 1 is 0.727 bits per heavy atom. The van der Waals surface area contributed by atoms with Crippen molar-refractivity contribution >= 4 is 145 Å². The van der Waals surface area contributed by atoms with E-state index in [9.17, 15) is 88.5 Å². The molecule has 48 nitrogen and oxygen atoms in total. The Hall–Kier alpha value is -14.0. The highest BCUT2D eigenvalue weighted by Crippen LogP contribution is 2.68. The van der Waals surface area contributed by atoms with Gasteiger partial charge in [-0.2, -0.15) is 4.98 Å². The van der Waals surface area contributed by atoms with Crippen LogP contribution in [0.3, 0.4) is 0 Å². The lowest BCUT2D eigenvalue weighted by Crippen LogP contribution is -2.81. The van der Waals surface area contributed by atoms with Crippen molar-refractivity contribution in [1.82, 2.24) is 102 Å². The third-order valence-electron chi connectivity index (χ3n) is 29.8. The number of rotatable bonds is 47. The average molecular weight is 2130 g/mol. The number of esters is 1. The van der Waals surface area contributed by atoms with Crippen LogP contribution < -0.4 is 74.5 Å². The van der Waals surface area contributed by atoms with Crippen LogP contribution in [0.5, 0.6) is 5.75 Å². The predicted octanol–water partition coefficient (Wildman–Crippen LogP) is 1.89. The minimum Gasteiger partial charge on any atom is -0.496 e. The van der Waals surface area contributed by atoms with Crippen LogP contribution in [0, 0.1) is 16.7 Å². The number of aliphatic hydroxyl groups is 3. The number of carboxylic acids is 4. The van der Waals surface area contributed by atoms with Crippen molar-refractivity contribution in [2.24, 2.45) is 17.1 Å². The number of likely N-dealkylation sites (N-methyl/N-ethyl adjacent to an activating group) is 1. The Morgan fingerprint density at radius 3 is 2.03 bits per heavy atom. The molecular weight excluding hydrogens is 2000 g/mol. The number of methoxy groups -OCH3 is 2. The summed E-state index contributed by atoms with van der Waals surface area (Å²) in [6, 6.07) is 7.03. The summed E-state index contributed by atoms with van der Waals surface area (Å²) in [6.07, 6.45) is 6.62. The first kappa shape index (κ1) is 112. The van der Waals surface area contributed by atoms with Crippen LogP contribution in [0.1, 0.15) is 161 Å². The molecule has 51 heteroatoms. The summed E-state index contributed by atoms with van der Waals surface area (Å²) < 4.78 is 21.1. The molecule has 17 atom stereocenters. The predicted molar refractivity (Wildman–Crippen MR) is 553 cm³/mol. The smallest absolute Gasteiger partial charge is 0.326 e. The number of ether oxygens (including phenoxy) is 2. The fourth-order valence-electron chi connectivity index (χ4n) is 22.8. The van der Waals surface area contributed by atoms with Gasteiger partial charge in [0.2, 0.25) is 35.5 Å². The molecule has 1 aliphatic carbocycles. The number of amides is 7. The largest absolute Gasteiger partial charge is 0.496 e. The molecule has 8 aromatic rings. The van der Waals surface area contributed by atoms with Gasteiger partial charge in [-0.25, -0.2) is 29.4 Å². The molecule has 7 amide bonds. The van der Waals surface area contributed by atoms with Gasteiger partial charge in [0.05, 0.1) is 75.8 Å². The fourth-order valence-corrected chi connectivity index (χ4v) is 33.1. The highest BCUT2D eigenvalue weighted by Gasteiger charge is 2.79. The van der Waals surface area contributed by atoms with Gasteiger partial charge in [-0.3, -0.25) is 77.7 Å². The van der Waals surface area contributed by atoms with Crippen molar-refractivity contribution in [3.63, 3.8) is 0 Å². The summed E-state index contributed by atoms with van der Waals surface area (Å²) in [5.74, 6) is -15.1. The molecule has 23 N–H and O–H groups in total. The number of H-pyrrole nitrogens is 2. The van der Waals surface area contributed by atoms with Crippen molar-refractivity contribution in [3.8, 4) is 5.75 Å². The second-order valence-electron chi connectivity index (χ2n) is 41.1. The van der Waals surface area contributed by atoms with Crippen LogP contribution in [0.15, 0.2) is 108 Å². The number of nitrogens with one attached hydrogen (secondary N) is 12. The number of anilines is 3. The number of guanidine groups is 1. The molecule has 2 saturated heterocycles. The van der Waals surface area contributed by atoms with Crippen LogP contribution in [-0.2, 0) is 98.4 Å². The monoisotopic (exact) mass is 2130 g/mol. The summed E-state index contributed by atoms with van der Waals surface area (Å²) in [4.78, 5) is 211. The number of aliphatic hydroxyl groups excluding tert-OH is 1. The molecule has 5 aliphatic heterocycles. The number of nitrogens with two attached hydrogens (primary N) is 2. The van der Waals surface area contributed by atoms with E-state index in [0.717, 1.165) is 22.0 Å². The lowest BCUT2D eigenvalue weighted by Gasteiger charge is -2.63. The fraction of sp³-hybridized carbons (Fsp3) is 0.525. The number of nitrogen functional groups attached to an aromatic ring is 1. The number of benzene rings is 3. The second kappa shape index (κ2) is 46.2. The van der Waals surface area contributed by atoms with E-state index >= 15 is 9.59 Å². The molecule has 0 radical (unpaired) electrons. The zero-order chi connectivity index (χ0) is 109. The van der Waals surface area contributed by atoms with E-state index in [1.165, 1.54) is 48.1 Å². The quantitative estimate of drug-likeness (QED) is 0.00378. The van der Waals surface area contributed by atoms with Crippen LogP contribution in [0.4, 0.5) is 17.3 Å². The van der Waals surface area contributed by atoms with Gasteiger partial charge < -0.3 is 119 Å². The molecule has 2 bridgehead atoms. The van der Waals surface area contributed by atoms with Gasteiger partial charge in [-0.05, 0) is 170 Å². The minimum absolute atomic E-state index is 0.00989. The number of carbonyl (C=O) groups excluding carboxylic acids is 8. The highest BCUT2D eigenvalue weighted by atomic mass is 32.2. The molecule has 5 aromatic heterocycles. The molecule has 1 unspecified atom stereocenters. The Balaban J connectivity index is 0.564. The van der Waals surface area contributed by atoms with E-state index in [1.54, 1.807) is 38.6 Å². The van der Waals surface area contributed by atoms with Crippen LogP contribution in [0.25, 0.3) is 22.1 Å². The third kappa shape index (κ3) is 24.2. The van der Waals surface area contributed by atoms with Gasteiger partial charge in [0.25, 0.3) is 17.4 Å². The molecule has 3 fully saturated rings. The maximum atomic E-state index is 15.9.